The van der Waals surface area contributed by atoms with Crippen LogP contribution in [0.25, 0.3) is 5.69 Å². The maximum atomic E-state index is 13.5. The fourth-order valence-corrected chi connectivity index (χ4v) is 4.90. The lowest BCUT2D eigenvalue weighted by atomic mass is 9.67. The molecule has 2 aromatic carbocycles. The number of carbonyl (C=O) groups excluding carboxylic acids is 2. The average molecular weight is 445 g/mol. The average Bonchev–Trinajstić information content (AvgIpc) is 3.06. The summed E-state index contributed by atoms with van der Waals surface area (Å²) in [4.78, 5) is 27.7. The molecular weight excluding hydrogens is 412 g/mol. The molecule has 3 aromatic rings. The lowest BCUT2D eigenvalue weighted by molar-refractivity contribution is 0.0706. The summed E-state index contributed by atoms with van der Waals surface area (Å²) in [6, 6.07) is 17.3. The molecule has 1 aliphatic carbocycles. The minimum atomic E-state index is -0.492. The summed E-state index contributed by atoms with van der Waals surface area (Å²) < 4.78 is 2.14. The number of carbonyl (C=O) groups is 2. The summed E-state index contributed by atoms with van der Waals surface area (Å²) in [5, 5.41) is 3.32. The number of para-hydroxylation sites is 1. The van der Waals surface area contributed by atoms with E-state index in [2.05, 4.69) is 28.6 Å². The number of hydrogen-bond donors (Lipinski definition) is 2. The lowest BCUT2D eigenvalue weighted by Crippen LogP contribution is -2.43. The third-order valence-corrected chi connectivity index (χ3v) is 6.56. The molecule has 0 radical (unpaired) electrons. The van der Waals surface area contributed by atoms with Gasteiger partial charge < -0.3 is 20.5 Å². The molecule has 0 saturated heterocycles. The van der Waals surface area contributed by atoms with Crippen molar-refractivity contribution >= 4 is 23.1 Å². The number of aryl methyl sites for hydroxylation is 1. The Morgan fingerprint density at radius 1 is 1.15 bits per heavy atom. The second-order valence-electron chi connectivity index (χ2n) is 9.91. The van der Waals surface area contributed by atoms with E-state index in [4.69, 9.17) is 5.73 Å². The van der Waals surface area contributed by atoms with E-state index in [1.54, 1.807) is 6.07 Å². The first kappa shape index (κ1) is 22.8. The number of hydrogen-bond acceptors (Lipinski definition) is 4. The van der Waals surface area contributed by atoms with Crippen LogP contribution < -0.4 is 11.1 Å². The Morgan fingerprint density at radius 2 is 1.85 bits per heavy atom. The third-order valence-electron chi connectivity index (χ3n) is 6.56. The molecule has 0 aliphatic heterocycles. The van der Waals surface area contributed by atoms with Gasteiger partial charge in [-0.2, -0.15) is 0 Å². The predicted octanol–water partition coefficient (Wildman–Crippen LogP) is 4.57. The highest BCUT2D eigenvalue weighted by Gasteiger charge is 2.43. The summed E-state index contributed by atoms with van der Waals surface area (Å²) in [6.45, 7) is 7.10. The normalized spacial score (nSPS) is 17.2. The van der Waals surface area contributed by atoms with Gasteiger partial charge in [0, 0.05) is 40.8 Å². The zero-order chi connectivity index (χ0) is 23.9. The Balaban J connectivity index is 1.81. The van der Waals surface area contributed by atoms with Gasteiger partial charge in [-0.3, -0.25) is 9.59 Å². The van der Waals surface area contributed by atoms with Crippen LogP contribution in [0.5, 0.6) is 0 Å². The fraction of sp³-hybridized carbons (Fsp3) is 0.333. The summed E-state index contributed by atoms with van der Waals surface area (Å²) in [5.41, 5.74) is 11.1. The van der Waals surface area contributed by atoms with Crippen LogP contribution in [0.2, 0.25) is 0 Å². The molecule has 6 nitrogen and oxygen atoms in total. The quantitative estimate of drug-likeness (QED) is 0.584. The largest absolute Gasteiger partial charge is 0.366 e. The first-order valence-corrected chi connectivity index (χ1v) is 11.2. The van der Waals surface area contributed by atoms with Crippen molar-refractivity contribution < 1.29 is 9.59 Å². The molecule has 1 amide bonds. The number of rotatable bonds is 6. The summed E-state index contributed by atoms with van der Waals surface area (Å²) in [7, 11) is 4.02. The van der Waals surface area contributed by atoms with Crippen molar-refractivity contribution in [2.45, 2.75) is 27.2 Å². The SMILES string of the molecule is Cc1cc2c(n1-c1ccc(C(N)=O)c(Nc3ccccc3)c1)CC(C)(C)C(CN(C)C)C2=O. The number of nitrogens with two attached hydrogens (primary N) is 1. The Labute approximate surface area is 195 Å². The minimum Gasteiger partial charge on any atom is -0.366 e. The molecule has 4 rings (SSSR count). The Kier molecular flexibility index (Phi) is 5.89. The molecule has 0 bridgehead atoms. The van der Waals surface area contributed by atoms with Gasteiger partial charge in [0.2, 0.25) is 0 Å². The monoisotopic (exact) mass is 444 g/mol. The van der Waals surface area contributed by atoms with Crippen molar-refractivity contribution in [2.75, 3.05) is 26.0 Å². The summed E-state index contributed by atoms with van der Waals surface area (Å²) >= 11 is 0. The third kappa shape index (κ3) is 4.31. The van der Waals surface area contributed by atoms with Gasteiger partial charge in [-0.05, 0) is 69.3 Å². The fourth-order valence-electron chi connectivity index (χ4n) is 4.90. The van der Waals surface area contributed by atoms with Gasteiger partial charge in [-0.15, -0.1) is 0 Å². The number of amides is 1. The van der Waals surface area contributed by atoms with Crippen molar-refractivity contribution in [3.8, 4) is 5.69 Å². The first-order valence-electron chi connectivity index (χ1n) is 11.2. The highest BCUT2D eigenvalue weighted by atomic mass is 16.1. The molecule has 1 aliphatic rings. The number of anilines is 2. The number of benzene rings is 2. The minimum absolute atomic E-state index is 0.0530. The zero-order valence-corrected chi connectivity index (χ0v) is 20.0. The maximum absolute atomic E-state index is 13.5. The molecule has 172 valence electrons. The second-order valence-corrected chi connectivity index (χ2v) is 9.91. The van der Waals surface area contributed by atoms with Gasteiger partial charge in [-0.25, -0.2) is 0 Å². The predicted molar refractivity (Wildman–Crippen MR) is 133 cm³/mol. The van der Waals surface area contributed by atoms with E-state index in [-0.39, 0.29) is 17.1 Å². The van der Waals surface area contributed by atoms with Crippen molar-refractivity contribution in [1.29, 1.82) is 0 Å². The molecule has 0 saturated carbocycles. The van der Waals surface area contributed by atoms with E-state index in [0.29, 0.717) is 11.3 Å². The van der Waals surface area contributed by atoms with E-state index >= 15 is 0 Å². The van der Waals surface area contributed by atoms with Crippen LogP contribution in [0.3, 0.4) is 0 Å². The lowest BCUT2D eigenvalue weighted by Gasteiger charge is -2.39. The topological polar surface area (TPSA) is 80.4 Å². The maximum Gasteiger partial charge on any atom is 0.250 e. The number of nitrogens with zero attached hydrogens (tertiary/aromatic N) is 2. The number of fused-ring (bicyclic) bond motifs is 1. The number of nitrogens with one attached hydrogen (secondary N) is 1. The van der Waals surface area contributed by atoms with Crippen LogP contribution in [-0.2, 0) is 6.42 Å². The van der Waals surface area contributed by atoms with E-state index in [0.717, 1.165) is 41.3 Å². The van der Waals surface area contributed by atoms with E-state index in [1.165, 1.54) is 0 Å². The van der Waals surface area contributed by atoms with Crippen molar-refractivity contribution in [3.63, 3.8) is 0 Å². The standard InChI is InChI=1S/C27H32N4O2/c1-17-13-21-24(15-27(2,3)22(25(21)32)16-30(4)5)31(17)19-11-12-20(26(28)33)23(14-19)29-18-9-7-6-8-10-18/h6-14,22,29H,15-16H2,1-5H3,(H2,28,33). The van der Waals surface area contributed by atoms with Crippen LogP contribution in [0.1, 0.15) is 46.0 Å². The summed E-state index contributed by atoms with van der Waals surface area (Å²) in [6.07, 6.45) is 0.791. The molecule has 3 N–H and O–H groups in total. The number of ketones is 1. The molecule has 6 heteroatoms. The highest BCUT2D eigenvalue weighted by Crippen LogP contribution is 2.42. The van der Waals surface area contributed by atoms with Crippen molar-refractivity contribution in [2.24, 2.45) is 17.1 Å². The van der Waals surface area contributed by atoms with Gasteiger partial charge >= 0.3 is 0 Å². The number of aromatic nitrogens is 1. The van der Waals surface area contributed by atoms with Gasteiger partial charge in [0.25, 0.3) is 5.91 Å². The molecule has 33 heavy (non-hydrogen) atoms. The van der Waals surface area contributed by atoms with Crippen molar-refractivity contribution in [1.82, 2.24) is 9.47 Å². The number of primary amides is 1. The molecule has 1 heterocycles. The van der Waals surface area contributed by atoms with E-state index < -0.39 is 5.91 Å². The smallest absolute Gasteiger partial charge is 0.250 e. The van der Waals surface area contributed by atoms with Gasteiger partial charge in [-0.1, -0.05) is 32.0 Å². The van der Waals surface area contributed by atoms with Crippen LogP contribution in [0, 0.1) is 18.3 Å². The van der Waals surface area contributed by atoms with Crippen LogP contribution in [0.15, 0.2) is 54.6 Å². The van der Waals surface area contributed by atoms with Gasteiger partial charge in [0.05, 0.1) is 11.3 Å². The molecule has 0 fully saturated rings. The van der Waals surface area contributed by atoms with Crippen LogP contribution in [-0.4, -0.2) is 41.8 Å². The zero-order valence-electron chi connectivity index (χ0n) is 20.0. The molecule has 0 spiro atoms. The highest BCUT2D eigenvalue weighted by molar-refractivity contribution is 6.02. The first-order chi connectivity index (χ1) is 15.6. The number of Topliss-reactive ketones (excluding diaryl/α,β-unsaturated/α-hetero) is 1. The van der Waals surface area contributed by atoms with Gasteiger partial charge in [0.15, 0.2) is 5.78 Å². The molecule has 1 unspecified atom stereocenters. The van der Waals surface area contributed by atoms with Crippen LogP contribution >= 0.6 is 0 Å². The van der Waals surface area contributed by atoms with E-state index in [1.807, 2.05) is 69.6 Å². The Morgan fingerprint density at radius 3 is 2.48 bits per heavy atom. The van der Waals surface area contributed by atoms with Crippen molar-refractivity contribution in [3.05, 3.63) is 77.1 Å². The second kappa shape index (κ2) is 8.52. The Hall–Kier alpha value is -3.38. The molecule has 1 atom stereocenters. The van der Waals surface area contributed by atoms with E-state index in [9.17, 15) is 9.59 Å². The van der Waals surface area contributed by atoms with Gasteiger partial charge in [0.1, 0.15) is 0 Å². The molecule has 1 aromatic heterocycles. The van der Waals surface area contributed by atoms with Crippen LogP contribution in [0.4, 0.5) is 11.4 Å². The molecular formula is C27H32N4O2. The Bertz CT molecular complexity index is 1210. The summed E-state index contributed by atoms with van der Waals surface area (Å²) in [5.74, 6) is -0.343.